The van der Waals surface area contributed by atoms with Crippen molar-refractivity contribution in [3.05, 3.63) is 0 Å². The van der Waals surface area contributed by atoms with Gasteiger partial charge in [-0.05, 0) is 52.7 Å². The lowest BCUT2D eigenvalue weighted by Gasteiger charge is -2.25. The van der Waals surface area contributed by atoms with Gasteiger partial charge in [-0.3, -0.25) is 4.79 Å². The number of nitrogens with zero attached hydrogens (tertiary/aromatic N) is 1. The Morgan fingerprint density at radius 2 is 2.12 bits per heavy atom. The van der Waals surface area contributed by atoms with Gasteiger partial charge in [-0.1, -0.05) is 6.92 Å². The zero-order chi connectivity index (χ0) is 12.9. The fourth-order valence-corrected chi connectivity index (χ4v) is 2.16. The van der Waals surface area contributed by atoms with E-state index >= 15 is 0 Å². The Bertz CT molecular complexity index is 253. The van der Waals surface area contributed by atoms with Crippen LogP contribution in [0.4, 0.5) is 0 Å². The molecule has 4 heteroatoms. The molecule has 0 aromatic carbocycles. The Morgan fingerprint density at radius 1 is 1.41 bits per heavy atom. The van der Waals surface area contributed by atoms with Crippen LogP contribution >= 0.6 is 0 Å². The van der Waals surface area contributed by atoms with Gasteiger partial charge in [0.25, 0.3) is 0 Å². The van der Waals surface area contributed by atoms with Gasteiger partial charge in [-0.25, -0.2) is 0 Å². The normalized spacial score (nSPS) is 23.4. The maximum Gasteiger partial charge on any atom is 0.224 e. The highest BCUT2D eigenvalue weighted by Gasteiger charge is 2.26. The summed E-state index contributed by atoms with van der Waals surface area (Å²) in [4.78, 5) is 13.7. The summed E-state index contributed by atoms with van der Waals surface area (Å²) >= 11 is 0. The minimum Gasteiger partial charge on any atom is -0.369 e. The predicted molar refractivity (Wildman–Crippen MR) is 70.7 cm³/mol. The van der Waals surface area contributed by atoms with Crippen molar-refractivity contribution in [1.29, 1.82) is 0 Å². The number of carbonyl (C=O) groups excluding carboxylic acids is 1. The van der Waals surface area contributed by atoms with E-state index in [0.29, 0.717) is 12.6 Å². The van der Waals surface area contributed by atoms with E-state index in [4.69, 9.17) is 5.73 Å². The smallest absolute Gasteiger partial charge is 0.224 e. The van der Waals surface area contributed by atoms with Crippen LogP contribution in [0.3, 0.4) is 0 Å². The van der Waals surface area contributed by atoms with Crippen LogP contribution in [-0.2, 0) is 4.79 Å². The Balaban J connectivity index is 2.35. The molecule has 0 bridgehead atoms. The molecular weight excluding hydrogens is 214 g/mol. The van der Waals surface area contributed by atoms with Crippen molar-refractivity contribution in [3.63, 3.8) is 0 Å². The first kappa shape index (κ1) is 14.5. The van der Waals surface area contributed by atoms with Crippen molar-refractivity contribution >= 4 is 5.91 Å². The molecule has 1 atom stereocenters. The third-order valence-corrected chi connectivity index (χ3v) is 3.77. The second kappa shape index (κ2) is 6.36. The standard InChI is InChI=1S/C13H27N3O/c1-4-16-8-5-6-11(7-9-16)15-10-13(2,3)12(14)17/h11,15H,4-10H2,1-3H3,(H2,14,17). The molecule has 1 unspecified atom stereocenters. The molecule has 1 heterocycles. The van der Waals surface area contributed by atoms with Gasteiger partial charge >= 0.3 is 0 Å². The molecule has 0 aromatic rings. The molecule has 3 N–H and O–H groups in total. The van der Waals surface area contributed by atoms with Crippen LogP contribution in [0.1, 0.15) is 40.0 Å². The second-order valence-corrected chi connectivity index (χ2v) is 5.69. The molecular formula is C13H27N3O. The summed E-state index contributed by atoms with van der Waals surface area (Å²) in [5.74, 6) is -0.228. The summed E-state index contributed by atoms with van der Waals surface area (Å²) in [6.45, 7) is 10.2. The third-order valence-electron chi connectivity index (χ3n) is 3.77. The minimum absolute atomic E-state index is 0.228. The topological polar surface area (TPSA) is 58.4 Å². The van der Waals surface area contributed by atoms with Crippen LogP contribution in [0, 0.1) is 5.41 Å². The fraction of sp³-hybridized carbons (Fsp3) is 0.923. The Kier molecular flexibility index (Phi) is 5.40. The van der Waals surface area contributed by atoms with Gasteiger partial charge < -0.3 is 16.0 Å². The van der Waals surface area contributed by atoms with E-state index in [-0.39, 0.29) is 5.91 Å². The van der Waals surface area contributed by atoms with Crippen LogP contribution < -0.4 is 11.1 Å². The molecule has 1 fully saturated rings. The van der Waals surface area contributed by atoms with E-state index in [9.17, 15) is 4.79 Å². The molecule has 17 heavy (non-hydrogen) atoms. The summed E-state index contributed by atoms with van der Waals surface area (Å²) < 4.78 is 0. The molecule has 1 aliphatic heterocycles. The van der Waals surface area contributed by atoms with E-state index in [1.165, 1.54) is 25.8 Å². The lowest BCUT2D eigenvalue weighted by Crippen LogP contribution is -2.44. The first-order valence-corrected chi connectivity index (χ1v) is 6.71. The summed E-state index contributed by atoms with van der Waals surface area (Å²) in [6, 6.07) is 0.533. The summed E-state index contributed by atoms with van der Waals surface area (Å²) in [5.41, 5.74) is 4.93. The summed E-state index contributed by atoms with van der Waals surface area (Å²) in [7, 11) is 0. The molecule has 1 saturated heterocycles. The zero-order valence-corrected chi connectivity index (χ0v) is 11.5. The van der Waals surface area contributed by atoms with Crippen molar-refractivity contribution in [2.24, 2.45) is 11.1 Å². The number of carbonyl (C=O) groups is 1. The summed E-state index contributed by atoms with van der Waals surface area (Å²) in [5, 5.41) is 3.50. The molecule has 1 amide bonds. The average molecular weight is 241 g/mol. The minimum atomic E-state index is -0.448. The van der Waals surface area contributed by atoms with E-state index in [1.54, 1.807) is 0 Å². The SMILES string of the molecule is CCN1CCCC(NCC(C)(C)C(N)=O)CC1. The van der Waals surface area contributed by atoms with Gasteiger partial charge in [0.2, 0.25) is 5.91 Å². The summed E-state index contributed by atoms with van der Waals surface area (Å²) in [6.07, 6.45) is 3.61. The van der Waals surface area contributed by atoms with Crippen LogP contribution in [-0.4, -0.2) is 43.0 Å². The number of hydrogen-bond donors (Lipinski definition) is 2. The Labute approximate surface area is 105 Å². The van der Waals surface area contributed by atoms with Gasteiger partial charge in [0, 0.05) is 12.6 Å². The highest BCUT2D eigenvalue weighted by molar-refractivity contribution is 5.80. The van der Waals surface area contributed by atoms with Crippen LogP contribution in [0.5, 0.6) is 0 Å². The first-order chi connectivity index (χ1) is 7.95. The molecule has 0 aliphatic carbocycles. The van der Waals surface area contributed by atoms with Gasteiger partial charge in [0.1, 0.15) is 0 Å². The van der Waals surface area contributed by atoms with Gasteiger partial charge in [0.05, 0.1) is 5.41 Å². The van der Waals surface area contributed by atoms with Crippen molar-refractivity contribution in [1.82, 2.24) is 10.2 Å². The van der Waals surface area contributed by atoms with Crippen molar-refractivity contribution in [2.45, 2.75) is 46.1 Å². The van der Waals surface area contributed by atoms with Crippen molar-refractivity contribution in [3.8, 4) is 0 Å². The molecule has 1 rings (SSSR count). The van der Waals surface area contributed by atoms with E-state index < -0.39 is 5.41 Å². The van der Waals surface area contributed by atoms with Gasteiger partial charge in [-0.2, -0.15) is 0 Å². The van der Waals surface area contributed by atoms with Crippen LogP contribution in [0.2, 0.25) is 0 Å². The number of rotatable bonds is 5. The first-order valence-electron chi connectivity index (χ1n) is 6.71. The number of nitrogens with one attached hydrogen (secondary N) is 1. The molecule has 0 aromatic heterocycles. The van der Waals surface area contributed by atoms with E-state index in [2.05, 4.69) is 17.1 Å². The van der Waals surface area contributed by atoms with Gasteiger partial charge in [-0.15, -0.1) is 0 Å². The molecule has 1 aliphatic rings. The lowest BCUT2D eigenvalue weighted by molar-refractivity contribution is -0.125. The van der Waals surface area contributed by atoms with Crippen LogP contribution in [0.15, 0.2) is 0 Å². The number of hydrogen-bond acceptors (Lipinski definition) is 3. The van der Waals surface area contributed by atoms with Crippen LogP contribution in [0.25, 0.3) is 0 Å². The van der Waals surface area contributed by atoms with E-state index in [1.807, 2.05) is 13.8 Å². The number of primary amides is 1. The largest absolute Gasteiger partial charge is 0.369 e. The maximum absolute atomic E-state index is 11.2. The highest BCUT2D eigenvalue weighted by Crippen LogP contribution is 2.15. The molecule has 0 spiro atoms. The average Bonchev–Trinajstić information content (AvgIpc) is 2.51. The van der Waals surface area contributed by atoms with E-state index in [0.717, 1.165) is 13.1 Å². The third kappa shape index (κ3) is 4.64. The number of amides is 1. The molecule has 100 valence electrons. The lowest BCUT2D eigenvalue weighted by atomic mass is 9.92. The van der Waals surface area contributed by atoms with Crippen molar-refractivity contribution < 1.29 is 4.79 Å². The maximum atomic E-state index is 11.2. The zero-order valence-electron chi connectivity index (χ0n) is 11.5. The van der Waals surface area contributed by atoms with Gasteiger partial charge in [0.15, 0.2) is 0 Å². The predicted octanol–water partition coefficient (Wildman–Crippen LogP) is 0.962. The molecule has 4 nitrogen and oxygen atoms in total. The van der Waals surface area contributed by atoms with Crippen molar-refractivity contribution in [2.75, 3.05) is 26.2 Å². The number of nitrogens with two attached hydrogens (primary N) is 1. The molecule has 0 radical (unpaired) electrons. The number of likely N-dealkylation sites (tertiary alicyclic amines) is 1. The quantitative estimate of drug-likeness (QED) is 0.754. The monoisotopic (exact) mass is 241 g/mol. The Hall–Kier alpha value is -0.610. The second-order valence-electron chi connectivity index (χ2n) is 5.69. The highest BCUT2D eigenvalue weighted by atomic mass is 16.1. The Morgan fingerprint density at radius 3 is 2.71 bits per heavy atom. The fourth-order valence-electron chi connectivity index (χ4n) is 2.16. The molecule has 0 saturated carbocycles.